The fraction of sp³-hybridized carbons (Fsp3) is 0.400. The maximum Gasteiger partial charge on any atom is 0.159 e. The third-order valence-corrected chi connectivity index (χ3v) is 3.56. The number of nitrogens with zero attached hydrogens (tertiary/aromatic N) is 2. The lowest BCUT2D eigenvalue weighted by Crippen LogP contribution is -2.11. The molecule has 0 aliphatic heterocycles. The van der Waals surface area contributed by atoms with Gasteiger partial charge in [0.1, 0.15) is 0 Å². The molecule has 2 aromatic rings. The van der Waals surface area contributed by atoms with Crippen molar-refractivity contribution < 1.29 is 8.78 Å². The van der Waals surface area contributed by atoms with Crippen molar-refractivity contribution in [3.63, 3.8) is 0 Å². The first-order valence-electron chi connectivity index (χ1n) is 6.67. The van der Waals surface area contributed by atoms with Crippen LogP contribution in [-0.2, 0) is 6.54 Å². The van der Waals surface area contributed by atoms with Crippen LogP contribution in [0.5, 0.6) is 0 Å². The first-order chi connectivity index (χ1) is 9.43. The van der Waals surface area contributed by atoms with E-state index in [1.165, 1.54) is 6.07 Å². The number of aromatic nitrogens is 2. The highest BCUT2D eigenvalue weighted by atomic mass is 19.2. The molecule has 5 heteroatoms. The molecule has 3 nitrogen and oxygen atoms in total. The molecule has 1 unspecified atom stereocenters. The van der Waals surface area contributed by atoms with Gasteiger partial charge in [0.2, 0.25) is 0 Å². The number of halogens is 2. The van der Waals surface area contributed by atoms with E-state index < -0.39 is 11.6 Å². The Balaban J connectivity index is 2.32. The van der Waals surface area contributed by atoms with E-state index in [-0.39, 0.29) is 6.04 Å². The van der Waals surface area contributed by atoms with Crippen LogP contribution >= 0.6 is 0 Å². The SMILES string of the molecule is CCC(N)c1c(C)nn(Cc2ccc(F)c(F)c2)c1C. The number of hydrogen-bond donors (Lipinski definition) is 1. The van der Waals surface area contributed by atoms with Crippen LogP contribution in [0, 0.1) is 25.5 Å². The molecule has 2 rings (SSSR count). The molecule has 20 heavy (non-hydrogen) atoms. The van der Waals surface area contributed by atoms with E-state index >= 15 is 0 Å². The first kappa shape index (κ1) is 14.7. The first-order valence-corrected chi connectivity index (χ1v) is 6.67. The predicted molar refractivity (Wildman–Crippen MR) is 74.4 cm³/mol. The number of rotatable bonds is 4. The van der Waals surface area contributed by atoms with E-state index in [0.717, 1.165) is 29.4 Å². The molecule has 1 atom stereocenters. The average Bonchev–Trinajstić information content (AvgIpc) is 2.68. The lowest BCUT2D eigenvalue weighted by Gasteiger charge is -2.10. The Morgan fingerprint density at radius 2 is 1.95 bits per heavy atom. The van der Waals surface area contributed by atoms with Crippen LogP contribution in [0.15, 0.2) is 18.2 Å². The minimum absolute atomic E-state index is 0.0475. The zero-order chi connectivity index (χ0) is 14.9. The van der Waals surface area contributed by atoms with Gasteiger partial charge in [-0.15, -0.1) is 0 Å². The molecule has 0 saturated heterocycles. The maximum absolute atomic E-state index is 13.2. The van der Waals surface area contributed by atoms with E-state index in [0.29, 0.717) is 12.1 Å². The summed E-state index contributed by atoms with van der Waals surface area (Å²) < 4.78 is 27.9. The molecule has 0 aliphatic carbocycles. The van der Waals surface area contributed by atoms with Gasteiger partial charge in [-0.3, -0.25) is 4.68 Å². The van der Waals surface area contributed by atoms with Gasteiger partial charge in [-0.25, -0.2) is 8.78 Å². The van der Waals surface area contributed by atoms with Crippen LogP contribution in [0.1, 0.15) is 41.9 Å². The minimum atomic E-state index is -0.838. The van der Waals surface area contributed by atoms with Crippen molar-refractivity contribution in [3.8, 4) is 0 Å². The Morgan fingerprint density at radius 3 is 2.55 bits per heavy atom. The van der Waals surface area contributed by atoms with Crippen molar-refractivity contribution >= 4 is 0 Å². The smallest absolute Gasteiger partial charge is 0.159 e. The summed E-state index contributed by atoms with van der Waals surface area (Å²) in [5, 5.41) is 4.45. The van der Waals surface area contributed by atoms with E-state index in [2.05, 4.69) is 5.10 Å². The molecular formula is C15H19F2N3. The van der Waals surface area contributed by atoms with E-state index in [1.54, 1.807) is 10.7 Å². The van der Waals surface area contributed by atoms with Crippen LogP contribution in [0.4, 0.5) is 8.78 Å². The lowest BCUT2D eigenvalue weighted by atomic mass is 10.0. The Kier molecular flexibility index (Phi) is 4.18. The summed E-state index contributed by atoms with van der Waals surface area (Å²) in [5.74, 6) is -1.68. The zero-order valence-electron chi connectivity index (χ0n) is 12.0. The van der Waals surface area contributed by atoms with Crippen LogP contribution < -0.4 is 5.73 Å². The molecule has 1 aromatic heterocycles. The minimum Gasteiger partial charge on any atom is -0.324 e. The van der Waals surface area contributed by atoms with Gasteiger partial charge in [-0.2, -0.15) is 5.10 Å². The Hall–Kier alpha value is -1.75. The number of benzene rings is 1. The van der Waals surface area contributed by atoms with Crippen molar-refractivity contribution in [2.24, 2.45) is 5.73 Å². The van der Waals surface area contributed by atoms with Crippen molar-refractivity contribution in [1.82, 2.24) is 9.78 Å². The quantitative estimate of drug-likeness (QED) is 0.933. The number of aryl methyl sites for hydroxylation is 1. The van der Waals surface area contributed by atoms with Gasteiger partial charge in [-0.1, -0.05) is 13.0 Å². The summed E-state index contributed by atoms with van der Waals surface area (Å²) in [5.41, 5.74) is 9.66. The number of hydrogen-bond acceptors (Lipinski definition) is 2. The highest BCUT2D eigenvalue weighted by Crippen LogP contribution is 2.23. The van der Waals surface area contributed by atoms with Gasteiger partial charge in [0, 0.05) is 17.3 Å². The topological polar surface area (TPSA) is 43.8 Å². The third-order valence-electron chi connectivity index (χ3n) is 3.56. The van der Waals surface area contributed by atoms with Crippen LogP contribution in [0.2, 0.25) is 0 Å². The largest absolute Gasteiger partial charge is 0.324 e. The van der Waals surface area contributed by atoms with Gasteiger partial charge in [0.05, 0.1) is 12.2 Å². The molecule has 0 spiro atoms. The van der Waals surface area contributed by atoms with Gasteiger partial charge in [0.25, 0.3) is 0 Å². The van der Waals surface area contributed by atoms with E-state index in [4.69, 9.17) is 5.73 Å². The highest BCUT2D eigenvalue weighted by molar-refractivity contribution is 5.29. The van der Waals surface area contributed by atoms with Crippen molar-refractivity contribution in [2.45, 2.75) is 39.8 Å². The van der Waals surface area contributed by atoms with Gasteiger partial charge < -0.3 is 5.73 Å². The fourth-order valence-electron chi connectivity index (χ4n) is 2.42. The summed E-state index contributed by atoms with van der Waals surface area (Å²) in [7, 11) is 0. The zero-order valence-corrected chi connectivity index (χ0v) is 12.0. The van der Waals surface area contributed by atoms with Crippen LogP contribution in [-0.4, -0.2) is 9.78 Å². The van der Waals surface area contributed by atoms with Gasteiger partial charge in [0.15, 0.2) is 11.6 Å². The monoisotopic (exact) mass is 279 g/mol. The highest BCUT2D eigenvalue weighted by Gasteiger charge is 2.17. The molecule has 1 aromatic carbocycles. The second-order valence-corrected chi connectivity index (χ2v) is 5.01. The normalized spacial score (nSPS) is 12.7. The molecule has 0 fully saturated rings. The van der Waals surface area contributed by atoms with Crippen molar-refractivity contribution in [2.75, 3.05) is 0 Å². The van der Waals surface area contributed by atoms with Crippen molar-refractivity contribution in [3.05, 3.63) is 52.3 Å². The molecule has 108 valence electrons. The lowest BCUT2D eigenvalue weighted by molar-refractivity contribution is 0.505. The van der Waals surface area contributed by atoms with Gasteiger partial charge in [-0.05, 0) is 38.0 Å². The van der Waals surface area contributed by atoms with Crippen LogP contribution in [0.25, 0.3) is 0 Å². The molecule has 0 aliphatic rings. The molecule has 0 bridgehead atoms. The second-order valence-electron chi connectivity index (χ2n) is 5.01. The fourth-order valence-corrected chi connectivity index (χ4v) is 2.42. The third kappa shape index (κ3) is 2.72. The summed E-state index contributed by atoms with van der Waals surface area (Å²) in [6.45, 7) is 6.29. The maximum atomic E-state index is 13.2. The summed E-state index contributed by atoms with van der Waals surface area (Å²) in [4.78, 5) is 0. The van der Waals surface area contributed by atoms with E-state index in [9.17, 15) is 8.78 Å². The van der Waals surface area contributed by atoms with Crippen LogP contribution in [0.3, 0.4) is 0 Å². The molecular weight excluding hydrogens is 260 g/mol. The number of nitrogens with two attached hydrogens (primary N) is 1. The standard InChI is InChI=1S/C15H19F2N3/c1-4-14(18)15-9(2)19-20(10(15)3)8-11-5-6-12(16)13(17)7-11/h5-7,14H,4,8,18H2,1-3H3. The Morgan fingerprint density at radius 1 is 1.25 bits per heavy atom. The van der Waals surface area contributed by atoms with E-state index in [1.807, 2.05) is 20.8 Å². The average molecular weight is 279 g/mol. The van der Waals surface area contributed by atoms with Gasteiger partial charge >= 0.3 is 0 Å². The summed E-state index contributed by atoms with van der Waals surface area (Å²) >= 11 is 0. The molecule has 1 heterocycles. The Labute approximate surface area is 117 Å². The predicted octanol–water partition coefficient (Wildman–Crippen LogP) is 3.24. The molecule has 2 N–H and O–H groups in total. The summed E-state index contributed by atoms with van der Waals surface area (Å²) in [6.07, 6.45) is 0.832. The molecule has 0 amide bonds. The second kappa shape index (κ2) is 5.71. The van der Waals surface area contributed by atoms with Crippen molar-refractivity contribution in [1.29, 1.82) is 0 Å². The summed E-state index contributed by atoms with van der Waals surface area (Å²) in [6, 6.07) is 3.85. The molecule has 0 radical (unpaired) electrons. The molecule has 0 saturated carbocycles. The Bertz CT molecular complexity index is 620.